The van der Waals surface area contributed by atoms with Gasteiger partial charge in [-0.3, -0.25) is 9.36 Å². The van der Waals surface area contributed by atoms with E-state index in [2.05, 4.69) is 28.5 Å². The van der Waals surface area contributed by atoms with Crippen molar-refractivity contribution in [1.29, 1.82) is 0 Å². The van der Waals surface area contributed by atoms with Crippen molar-refractivity contribution in [2.24, 2.45) is 17.8 Å². The standard InChI is InChI=1S/C15H21N5/c1-11-6-16-19(7-11)9-15-10-20(18-17-15)8-14-5-12-2-3-13(14)4-12/h6-7,10,12-14H,2-5,8-9H2,1H3. The van der Waals surface area contributed by atoms with E-state index in [1.807, 2.05) is 21.8 Å². The lowest BCUT2D eigenvalue weighted by Crippen LogP contribution is -2.17. The summed E-state index contributed by atoms with van der Waals surface area (Å²) in [6, 6.07) is 0. The van der Waals surface area contributed by atoms with Gasteiger partial charge in [-0.05, 0) is 49.5 Å². The Bertz CT molecular complexity index is 599. The van der Waals surface area contributed by atoms with Crippen molar-refractivity contribution >= 4 is 0 Å². The number of nitrogens with zero attached hydrogens (tertiary/aromatic N) is 5. The molecule has 3 unspecified atom stereocenters. The highest BCUT2D eigenvalue weighted by atomic mass is 15.4. The summed E-state index contributed by atoms with van der Waals surface area (Å²) in [7, 11) is 0. The van der Waals surface area contributed by atoms with Crippen molar-refractivity contribution in [2.75, 3.05) is 0 Å². The van der Waals surface area contributed by atoms with Crippen LogP contribution < -0.4 is 0 Å². The molecule has 0 aromatic carbocycles. The lowest BCUT2D eigenvalue weighted by molar-refractivity contribution is 0.283. The highest BCUT2D eigenvalue weighted by Crippen LogP contribution is 2.48. The van der Waals surface area contributed by atoms with Crippen LogP contribution in [0.3, 0.4) is 0 Å². The molecular formula is C15H21N5. The first-order valence-electron chi connectivity index (χ1n) is 7.64. The van der Waals surface area contributed by atoms with Gasteiger partial charge in [-0.25, -0.2) is 0 Å². The number of aromatic nitrogens is 5. The molecule has 0 saturated heterocycles. The van der Waals surface area contributed by atoms with E-state index in [1.165, 1.54) is 31.2 Å². The molecule has 2 aliphatic carbocycles. The van der Waals surface area contributed by atoms with Gasteiger partial charge < -0.3 is 0 Å². The normalized spacial score (nSPS) is 28.4. The van der Waals surface area contributed by atoms with Crippen LogP contribution in [0.4, 0.5) is 0 Å². The molecule has 106 valence electrons. The Hall–Kier alpha value is -1.65. The summed E-state index contributed by atoms with van der Waals surface area (Å²) in [5.41, 5.74) is 2.18. The fraction of sp³-hybridized carbons (Fsp3) is 0.667. The molecule has 2 aromatic heterocycles. The molecule has 0 spiro atoms. The van der Waals surface area contributed by atoms with E-state index >= 15 is 0 Å². The quantitative estimate of drug-likeness (QED) is 0.857. The molecule has 2 aromatic rings. The minimum Gasteiger partial charge on any atom is -0.266 e. The lowest BCUT2D eigenvalue weighted by atomic mass is 9.89. The van der Waals surface area contributed by atoms with Crippen molar-refractivity contribution in [3.63, 3.8) is 0 Å². The number of hydrogen-bond acceptors (Lipinski definition) is 3. The average Bonchev–Trinajstić information content (AvgIpc) is 3.16. The van der Waals surface area contributed by atoms with E-state index in [0.717, 1.165) is 30.0 Å². The molecule has 0 aliphatic heterocycles. The van der Waals surface area contributed by atoms with Gasteiger partial charge in [-0.15, -0.1) is 5.10 Å². The van der Waals surface area contributed by atoms with Gasteiger partial charge in [-0.2, -0.15) is 5.10 Å². The number of fused-ring (bicyclic) bond motifs is 2. The van der Waals surface area contributed by atoms with Gasteiger partial charge in [-0.1, -0.05) is 11.6 Å². The van der Waals surface area contributed by atoms with E-state index in [9.17, 15) is 0 Å². The summed E-state index contributed by atoms with van der Waals surface area (Å²) in [5, 5.41) is 12.9. The Morgan fingerprint density at radius 3 is 2.85 bits per heavy atom. The van der Waals surface area contributed by atoms with Crippen LogP contribution in [0.2, 0.25) is 0 Å². The maximum Gasteiger partial charge on any atom is 0.104 e. The van der Waals surface area contributed by atoms with Gasteiger partial charge in [0.1, 0.15) is 5.69 Å². The second-order valence-corrected chi connectivity index (χ2v) is 6.58. The molecular weight excluding hydrogens is 250 g/mol. The molecule has 4 rings (SSSR count). The molecule has 5 nitrogen and oxygen atoms in total. The van der Waals surface area contributed by atoms with Crippen LogP contribution in [-0.2, 0) is 13.1 Å². The van der Waals surface area contributed by atoms with Crippen LogP contribution in [0.15, 0.2) is 18.6 Å². The molecule has 0 radical (unpaired) electrons. The van der Waals surface area contributed by atoms with Gasteiger partial charge in [0.2, 0.25) is 0 Å². The minimum absolute atomic E-state index is 0.713. The highest BCUT2D eigenvalue weighted by Gasteiger charge is 2.39. The maximum atomic E-state index is 4.29. The van der Waals surface area contributed by atoms with Gasteiger partial charge in [0.25, 0.3) is 0 Å². The summed E-state index contributed by atoms with van der Waals surface area (Å²) < 4.78 is 3.96. The van der Waals surface area contributed by atoms with Crippen LogP contribution >= 0.6 is 0 Å². The van der Waals surface area contributed by atoms with Crippen molar-refractivity contribution in [1.82, 2.24) is 24.8 Å². The molecule has 3 atom stereocenters. The molecule has 2 heterocycles. The fourth-order valence-electron chi connectivity index (χ4n) is 4.06. The summed E-state index contributed by atoms with van der Waals surface area (Å²) in [6.45, 7) is 3.81. The summed E-state index contributed by atoms with van der Waals surface area (Å²) in [6.07, 6.45) is 11.8. The van der Waals surface area contributed by atoms with E-state index in [0.29, 0.717) is 6.54 Å². The van der Waals surface area contributed by atoms with Crippen molar-refractivity contribution in [3.8, 4) is 0 Å². The summed E-state index contributed by atoms with van der Waals surface area (Å²) in [5.74, 6) is 2.77. The summed E-state index contributed by atoms with van der Waals surface area (Å²) in [4.78, 5) is 0. The van der Waals surface area contributed by atoms with Gasteiger partial charge in [0.15, 0.2) is 0 Å². The predicted octanol–water partition coefficient (Wildman–Crippen LogP) is 2.27. The Kier molecular flexibility index (Phi) is 2.86. The third-order valence-corrected chi connectivity index (χ3v) is 4.98. The van der Waals surface area contributed by atoms with E-state index in [4.69, 9.17) is 0 Å². The average molecular weight is 271 g/mol. The zero-order chi connectivity index (χ0) is 13.5. The molecule has 2 bridgehead atoms. The Morgan fingerprint density at radius 2 is 2.15 bits per heavy atom. The molecule has 20 heavy (non-hydrogen) atoms. The van der Waals surface area contributed by atoms with Crippen molar-refractivity contribution in [3.05, 3.63) is 29.8 Å². The van der Waals surface area contributed by atoms with Crippen molar-refractivity contribution < 1.29 is 0 Å². The molecule has 5 heteroatoms. The third-order valence-electron chi connectivity index (χ3n) is 4.98. The molecule has 2 saturated carbocycles. The SMILES string of the molecule is Cc1cnn(Cc2cn(CC3CC4CCC3C4)nn2)c1. The zero-order valence-corrected chi connectivity index (χ0v) is 11.9. The molecule has 2 fully saturated rings. The number of hydrogen-bond donors (Lipinski definition) is 0. The molecule has 2 aliphatic rings. The van der Waals surface area contributed by atoms with Gasteiger partial charge in [0, 0.05) is 12.7 Å². The van der Waals surface area contributed by atoms with Gasteiger partial charge in [0.05, 0.1) is 18.9 Å². The summed E-state index contributed by atoms with van der Waals surface area (Å²) >= 11 is 0. The third kappa shape index (κ3) is 2.25. The predicted molar refractivity (Wildman–Crippen MR) is 75.0 cm³/mol. The Morgan fingerprint density at radius 1 is 1.20 bits per heavy atom. The first kappa shape index (κ1) is 12.1. The first-order valence-corrected chi connectivity index (χ1v) is 7.64. The van der Waals surface area contributed by atoms with E-state index in [-0.39, 0.29) is 0 Å². The van der Waals surface area contributed by atoms with Gasteiger partial charge >= 0.3 is 0 Å². The number of rotatable bonds is 4. The lowest BCUT2D eigenvalue weighted by Gasteiger charge is -2.20. The smallest absolute Gasteiger partial charge is 0.104 e. The van der Waals surface area contributed by atoms with Crippen LogP contribution in [0.1, 0.15) is 36.9 Å². The Balaban J connectivity index is 1.40. The highest BCUT2D eigenvalue weighted by molar-refractivity contribution is 5.02. The van der Waals surface area contributed by atoms with Crippen LogP contribution in [0.25, 0.3) is 0 Å². The number of aryl methyl sites for hydroxylation is 1. The maximum absolute atomic E-state index is 4.29. The monoisotopic (exact) mass is 271 g/mol. The van der Waals surface area contributed by atoms with Crippen LogP contribution in [-0.4, -0.2) is 24.8 Å². The van der Waals surface area contributed by atoms with Crippen molar-refractivity contribution in [2.45, 2.75) is 45.7 Å². The second-order valence-electron chi connectivity index (χ2n) is 6.58. The molecule has 0 amide bonds. The van der Waals surface area contributed by atoms with Crippen LogP contribution in [0.5, 0.6) is 0 Å². The van der Waals surface area contributed by atoms with Crippen LogP contribution in [0, 0.1) is 24.7 Å². The first-order chi connectivity index (χ1) is 9.76. The minimum atomic E-state index is 0.713. The molecule has 0 N–H and O–H groups in total. The van der Waals surface area contributed by atoms with E-state index in [1.54, 1.807) is 0 Å². The fourth-order valence-corrected chi connectivity index (χ4v) is 4.06. The zero-order valence-electron chi connectivity index (χ0n) is 11.9. The second kappa shape index (κ2) is 4.72. The Labute approximate surface area is 119 Å². The largest absolute Gasteiger partial charge is 0.266 e. The topological polar surface area (TPSA) is 48.5 Å². The van der Waals surface area contributed by atoms with E-state index < -0.39 is 0 Å².